The molecule has 0 spiro atoms. The van der Waals surface area contributed by atoms with Crippen molar-refractivity contribution in [1.29, 1.82) is 0 Å². The summed E-state index contributed by atoms with van der Waals surface area (Å²) in [5.74, 6) is 0. The van der Waals surface area contributed by atoms with Crippen LogP contribution in [-0.4, -0.2) is 45.1 Å². The monoisotopic (exact) mass is 372 g/mol. The van der Waals surface area contributed by atoms with Gasteiger partial charge in [-0.1, -0.05) is 12.1 Å². The maximum absolute atomic E-state index is 12.5. The molecule has 132 valence electrons. The number of alkyl halides is 3. The number of nitrogens with zero attached hydrogens (tertiary/aromatic N) is 1. The van der Waals surface area contributed by atoms with Crippen LogP contribution in [0.4, 0.5) is 13.2 Å². The summed E-state index contributed by atoms with van der Waals surface area (Å²) in [5.41, 5.74) is 0.0518. The molecule has 9 heteroatoms. The highest BCUT2D eigenvalue weighted by molar-refractivity contribution is 7.89. The predicted octanol–water partition coefficient (Wildman–Crippen LogP) is 2.59. The number of halogens is 4. The first-order valence-electron chi connectivity index (χ1n) is 7.04. The lowest BCUT2D eigenvalue weighted by Gasteiger charge is -2.30. The molecule has 4 nitrogen and oxygen atoms in total. The Morgan fingerprint density at radius 2 is 1.70 bits per heavy atom. The SMILES string of the molecule is CN(C1CCNCC1)S(=O)(=O)c1ccc(CC(F)(F)F)cc1.Cl. The summed E-state index contributed by atoms with van der Waals surface area (Å²) >= 11 is 0. The van der Waals surface area contributed by atoms with Gasteiger partial charge in [0.25, 0.3) is 0 Å². The normalized spacial score (nSPS) is 17.1. The molecule has 0 bridgehead atoms. The second-order valence-corrected chi connectivity index (χ2v) is 7.44. The van der Waals surface area contributed by atoms with E-state index in [9.17, 15) is 21.6 Å². The highest BCUT2D eigenvalue weighted by Crippen LogP contribution is 2.24. The fourth-order valence-electron chi connectivity index (χ4n) is 2.54. The topological polar surface area (TPSA) is 49.4 Å². The molecule has 0 amide bonds. The summed E-state index contributed by atoms with van der Waals surface area (Å²) in [7, 11) is -2.15. The number of piperidine rings is 1. The zero-order chi connectivity index (χ0) is 16.4. The van der Waals surface area contributed by atoms with Gasteiger partial charge in [-0.15, -0.1) is 12.4 Å². The van der Waals surface area contributed by atoms with E-state index in [0.717, 1.165) is 25.9 Å². The Labute approximate surface area is 140 Å². The van der Waals surface area contributed by atoms with Crippen LogP contribution >= 0.6 is 12.4 Å². The first-order chi connectivity index (χ1) is 10.2. The van der Waals surface area contributed by atoms with Crippen molar-refractivity contribution in [3.05, 3.63) is 29.8 Å². The molecule has 0 aromatic heterocycles. The lowest BCUT2D eigenvalue weighted by atomic mass is 10.1. The van der Waals surface area contributed by atoms with Crippen LogP contribution in [0.3, 0.4) is 0 Å². The van der Waals surface area contributed by atoms with Crippen LogP contribution in [0.5, 0.6) is 0 Å². The van der Waals surface area contributed by atoms with E-state index in [2.05, 4.69) is 5.32 Å². The van der Waals surface area contributed by atoms with Crippen LogP contribution in [0, 0.1) is 0 Å². The average Bonchev–Trinajstić information content (AvgIpc) is 2.46. The van der Waals surface area contributed by atoms with Gasteiger partial charge in [-0.05, 0) is 43.6 Å². The smallest absolute Gasteiger partial charge is 0.317 e. The molecule has 0 atom stereocenters. The molecule has 1 N–H and O–H groups in total. The fourth-order valence-corrected chi connectivity index (χ4v) is 3.96. The third-order valence-corrected chi connectivity index (χ3v) is 5.75. The van der Waals surface area contributed by atoms with Crippen molar-refractivity contribution in [1.82, 2.24) is 9.62 Å². The highest BCUT2D eigenvalue weighted by Gasteiger charge is 2.30. The largest absolute Gasteiger partial charge is 0.393 e. The summed E-state index contributed by atoms with van der Waals surface area (Å²) in [4.78, 5) is 0.0273. The number of rotatable bonds is 4. The van der Waals surface area contributed by atoms with E-state index in [4.69, 9.17) is 0 Å². The van der Waals surface area contributed by atoms with Gasteiger partial charge in [0, 0.05) is 13.1 Å². The minimum Gasteiger partial charge on any atom is -0.317 e. The van der Waals surface area contributed by atoms with Gasteiger partial charge in [-0.25, -0.2) is 8.42 Å². The number of hydrogen-bond acceptors (Lipinski definition) is 3. The highest BCUT2D eigenvalue weighted by atomic mass is 35.5. The van der Waals surface area contributed by atoms with Crippen LogP contribution in [0.1, 0.15) is 18.4 Å². The Morgan fingerprint density at radius 1 is 1.17 bits per heavy atom. The van der Waals surface area contributed by atoms with Gasteiger partial charge < -0.3 is 5.32 Å². The molecule has 0 unspecified atom stereocenters. The van der Waals surface area contributed by atoms with Crippen LogP contribution in [0.15, 0.2) is 29.2 Å². The molecular formula is C14H20ClF3N2O2S. The van der Waals surface area contributed by atoms with Crippen LogP contribution in [0.25, 0.3) is 0 Å². The van der Waals surface area contributed by atoms with E-state index >= 15 is 0 Å². The average molecular weight is 373 g/mol. The second-order valence-electron chi connectivity index (χ2n) is 5.44. The van der Waals surface area contributed by atoms with Gasteiger partial charge in [0.2, 0.25) is 10.0 Å². The molecule has 1 aromatic carbocycles. The summed E-state index contributed by atoms with van der Waals surface area (Å²) in [5, 5.41) is 3.16. The lowest BCUT2D eigenvalue weighted by Crippen LogP contribution is -2.43. The molecule has 23 heavy (non-hydrogen) atoms. The van der Waals surface area contributed by atoms with Crippen molar-refractivity contribution < 1.29 is 21.6 Å². The van der Waals surface area contributed by atoms with Crippen molar-refractivity contribution in [2.75, 3.05) is 20.1 Å². The maximum atomic E-state index is 12.5. The first-order valence-corrected chi connectivity index (χ1v) is 8.48. The molecule has 0 radical (unpaired) electrons. The maximum Gasteiger partial charge on any atom is 0.393 e. The molecule has 1 heterocycles. The van der Waals surface area contributed by atoms with Gasteiger partial charge in [0.1, 0.15) is 0 Å². The Bertz CT molecular complexity index is 599. The summed E-state index contributed by atoms with van der Waals surface area (Å²) in [6.45, 7) is 1.52. The molecule has 1 aliphatic rings. The van der Waals surface area contributed by atoms with Crippen molar-refractivity contribution >= 4 is 22.4 Å². The van der Waals surface area contributed by atoms with E-state index in [0.29, 0.717) is 0 Å². The zero-order valence-electron chi connectivity index (χ0n) is 12.6. The lowest BCUT2D eigenvalue weighted by molar-refractivity contribution is -0.127. The predicted molar refractivity (Wildman–Crippen MR) is 84.3 cm³/mol. The summed E-state index contributed by atoms with van der Waals surface area (Å²) in [6.07, 6.45) is -3.91. The van der Waals surface area contributed by atoms with Crippen LogP contribution < -0.4 is 5.32 Å². The van der Waals surface area contributed by atoms with E-state index in [1.165, 1.54) is 35.6 Å². The molecule has 1 fully saturated rings. The van der Waals surface area contributed by atoms with Gasteiger partial charge >= 0.3 is 6.18 Å². The van der Waals surface area contributed by atoms with Gasteiger partial charge in [-0.3, -0.25) is 0 Å². The molecule has 1 aliphatic heterocycles. The van der Waals surface area contributed by atoms with Crippen LogP contribution in [0.2, 0.25) is 0 Å². The quantitative estimate of drug-likeness (QED) is 0.883. The number of sulfonamides is 1. The molecule has 2 rings (SSSR count). The van der Waals surface area contributed by atoms with E-state index in [-0.39, 0.29) is 28.9 Å². The van der Waals surface area contributed by atoms with Gasteiger partial charge in [-0.2, -0.15) is 17.5 Å². The van der Waals surface area contributed by atoms with Crippen molar-refractivity contribution in [2.45, 2.75) is 36.4 Å². The number of hydrogen-bond donors (Lipinski definition) is 1. The molecule has 1 aromatic rings. The van der Waals surface area contributed by atoms with E-state index in [1.54, 1.807) is 0 Å². The van der Waals surface area contributed by atoms with Crippen molar-refractivity contribution in [3.8, 4) is 0 Å². The number of benzene rings is 1. The minimum absolute atomic E-state index is 0. The Hall–Kier alpha value is -0.830. The Morgan fingerprint density at radius 3 is 2.17 bits per heavy atom. The second kappa shape index (κ2) is 7.83. The van der Waals surface area contributed by atoms with E-state index in [1.807, 2.05) is 0 Å². The van der Waals surface area contributed by atoms with E-state index < -0.39 is 22.6 Å². The number of nitrogens with one attached hydrogen (secondary N) is 1. The summed E-state index contributed by atoms with van der Waals surface area (Å²) < 4.78 is 63.3. The zero-order valence-corrected chi connectivity index (χ0v) is 14.3. The van der Waals surface area contributed by atoms with Crippen LogP contribution in [-0.2, 0) is 16.4 Å². The van der Waals surface area contributed by atoms with Gasteiger partial charge in [0.05, 0.1) is 11.3 Å². The van der Waals surface area contributed by atoms with Gasteiger partial charge in [0.15, 0.2) is 0 Å². The standard InChI is InChI=1S/C14H19F3N2O2S.ClH/c1-19(12-6-8-18-9-7-12)22(20,21)13-4-2-11(3-5-13)10-14(15,16)17;/h2-5,12,18H,6-10H2,1H3;1H. The molecule has 0 aliphatic carbocycles. The van der Waals surface area contributed by atoms with Crippen molar-refractivity contribution in [3.63, 3.8) is 0 Å². The Balaban J connectivity index is 0.00000264. The third kappa shape index (κ3) is 5.34. The summed E-state index contributed by atoms with van der Waals surface area (Å²) in [6, 6.07) is 4.84. The first kappa shape index (κ1) is 20.2. The third-order valence-electron chi connectivity index (χ3n) is 3.83. The molecular weight excluding hydrogens is 353 g/mol. The fraction of sp³-hybridized carbons (Fsp3) is 0.571. The van der Waals surface area contributed by atoms with Crippen molar-refractivity contribution in [2.24, 2.45) is 0 Å². The minimum atomic E-state index is -4.30. The molecule has 1 saturated heterocycles. The Kier molecular flexibility index (Phi) is 6.88. The molecule has 0 saturated carbocycles.